The third kappa shape index (κ3) is 3.58. The quantitative estimate of drug-likeness (QED) is 0.849. The summed E-state index contributed by atoms with van der Waals surface area (Å²) in [5.74, 6) is 0. The van der Waals surface area contributed by atoms with E-state index in [0.29, 0.717) is 6.42 Å². The largest absolute Gasteiger partial charge is 0.332 e. The molecule has 4 nitrogen and oxygen atoms in total. The van der Waals surface area contributed by atoms with Crippen molar-refractivity contribution in [3.63, 3.8) is 0 Å². The molecule has 0 unspecified atom stereocenters. The zero-order chi connectivity index (χ0) is 14.6. The number of hydrogen-bond donors (Lipinski definition) is 1. The third-order valence-corrected chi connectivity index (χ3v) is 3.21. The van der Waals surface area contributed by atoms with E-state index in [1.54, 1.807) is 0 Å². The lowest BCUT2D eigenvalue weighted by atomic mass is 10.1. The molecule has 0 radical (unpaired) electrons. The Hall–Kier alpha value is -1.86. The molecular formula is C16H22N4. The maximum atomic E-state index is 8.65. The van der Waals surface area contributed by atoms with Gasteiger partial charge in [-0.15, -0.1) is 0 Å². The van der Waals surface area contributed by atoms with E-state index in [1.165, 1.54) is 10.9 Å². The van der Waals surface area contributed by atoms with Crippen molar-refractivity contribution in [3.8, 4) is 6.07 Å². The van der Waals surface area contributed by atoms with E-state index in [0.717, 1.165) is 25.2 Å². The molecular weight excluding hydrogens is 248 g/mol. The average molecular weight is 270 g/mol. The smallest absolute Gasteiger partial charge is 0.140 e. The van der Waals surface area contributed by atoms with E-state index in [-0.39, 0.29) is 5.54 Å². The SMILES string of the molecule is CC(C)(C)NCc1cn(CCCC#N)c2ncccc12. The maximum absolute atomic E-state index is 8.65. The lowest BCUT2D eigenvalue weighted by Gasteiger charge is -2.20. The van der Waals surface area contributed by atoms with E-state index in [9.17, 15) is 0 Å². The van der Waals surface area contributed by atoms with Gasteiger partial charge in [0.25, 0.3) is 0 Å². The van der Waals surface area contributed by atoms with Crippen LogP contribution in [0.2, 0.25) is 0 Å². The van der Waals surface area contributed by atoms with Crippen molar-refractivity contribution in [2.45, 2.75) is 52.2 Å². The summed E-state index contributed by atoms with van der Waals surface area (Å²) in [6, 6.07) is 6.28. The summed E-state index contributed by atoms with van der Waals surface area (Å²) >= 11 is 0. The van der Waals surface area contributed by atoms with Crippen LogP contribution in [-0.4, -0.2) is 15.1 Å². The molecule has 106 valence electrons. The minimum Gasteiger partial charge on any atom is -0.332 e. The molecule has 20 heavy (non-hydrogen) atoms. The van der Waals surface area contributed by atoms with E-state index >= 15 is 0 Å². The topological polar surface area (TPSA) is 53.6 Å². The molecule has 0 atom stereocenters. The molecule has 0 spiro atoms. The van der Waals surface area contributed by atoms with Crippen LogP contribution in [0.4, 0.5) is 0 Å². The highest BCUT2D eigenvalue weighted by Gasteiger charge is 2.13. The van der Waals surface area contributed by atoms with Crippen molar-refractivity contribution in [2.75, 3.05) is 0 Å². The van der Waals surface area contributed by atoms with Crippen LogP contribution in [0.3, 0.4) is 0 Å². The number of fused-ring (bicyclic) bond motifs is 1. The number of aryl methyl sites for hydroxylation is 1. The van der Waals surface area contributed by atoms with Gasteiger partial charge in [0, 0.05) is 42.8 Å². The van der Waals surface area contributed by atoms with Crippen molar-refractivity contribution in [1.29, 1.82) is 5.26 Å². The number of pyridine rings is 1. The predicted octanol–water partition coefficient (Wildman–Crippen LogP) is 3.23. The molecule has 2 heterocycles. The average Bonchev–Trinajstić information content (AvgIpc) is 2.75. The van der Waals surface area contributed by atoms with Crippen molar-refractivity contribution in [2.24, 2.45) is 0 Å². The van der Waals surface area contributed by atoms with Gasteiger partial charge in [0.2, 0.25) is 0 Å². The fraction of sp³-hybridized carbons (Fsp3) is 0.500. The summed E-state index contributed by atoms with van der Waals surface area (Å²) in [4.78, 5) is 4.48. The molecule has 0 aliphatic rings. The summed E-state index contributed by atoms with van der Waals surface area (Å²) in [5, 5.41) is 13.4. The number of nitrogens with zero attached hydrogens (tertiary/aromatic N) is 3. The van der Waals surface area contributed by atoms with Crippen LogP contribution >= 0.6 is 0 Å². The van der Waals surface area contributed by atoms with Gasteiger partial charge in [-0.25, -0.2) is 4.98 Å². The highest BCUT2D eigenvalue weighted by molar-refractivity contribution is 5.80. The minimum atomic E-state index is 0.0947. The van der Waals surface area contributed by atoms with Gasteiger partial charge in [0.1, 0.15) is 5.65 Å². The summed E-state index contributed by atoms with van der Waals surface area (Å²) < 4.78 is 2.16. The van der Waals surface area contributed by atoms with Gasteiger partial charge in [-0.2, -0.15) is 5.26 Å². The molecule has 0 bridgehead atoms. The Kier molecular flexibility index (Phi) is 4.41. The van der Waals surface area contributed by atoms with Gasteiger partial charge in [-0.05, 0) is 44.9 Å². The Balaban J connectivity index is 2.24. The van der Waals surface area contributed by atoms with Gasteiger partial charge in [-0.1, -0.05) is 0 Å². The van der Waals surface area contributed by atoms with E-state index in [4.69, 9.17) is 5.26 Å². The van der Waals surface area contributed by atoms with Gasteiger partial charge in [0.05, 0.1) is 6.07 Å². The molecule has 0 saturated carbocycles. The van der Waals surface area contributed by atoms with Crippen LogP contribution in [0.5, 0.6) is 0 Å². The highest BCUT2D eigenvalue weighted by atomic mass is 15.0. The molecule has 0 aromatic carbocycles. The molecule has 1 N–H and O–H groups in total. The molecule has 0 fully saturated rings. The summed E-state index contributed by atoms with van der Waals surface area (Å²) in [6.45, 7) is 8.17. The minimum absolute atomic E-state index is 0.0947. The van der Waals surface area contributed by atoms with Crippen molar-refractivity contribution in [3.05, 3.63) is 30.1 Å². The molecule has 0 aliphatic heterocycles. The van der Waals surface area contributed by atoms with Crippen LogP contribution < -0.4 is 5.32 Å². The van der Waals surface area contributed by atoms with E-state index in [2.05, 4.69) is 54.0 Å². The Morgan fingerprint density at radius 3 is 2.90 bits per heavy atom. The number of nitriles is 1. The predicted molar refractivity (Wildman–Crippen MR) is 81.2 cm³/mol. The zero-order valence-electron chi connectivity index (χ0n) is 12.5. The first-order chi connectivity index (χ1) is 9.51. The second kappa shape index (κ2) is 6.06. The highest BCUT2D eigenvalue weighted by Crippen LogP contribution is 2.20. The zero-order valence-corrected chi connectivity index (χ0v) is 12.5. The Morgan fingerprint density at radius 2 is 2.20 bits per heavy atom. The van der Waals surface area contributed by atoms with E-state index in [1.807, 2.05) is 12.3 Å². The monoisotopic (exact) mass is 270 g/mol. The lowest BCUT2D eigenvalue weighted by molar-refractivity contribution is 0.425. The summed E-state index contributed by atoms with van der Waals surface area (Å²) in [5.41, 5.74) is 2.37. The molecule has 2 rings (SSSR count). The number of nitrogens with one attached hydrogen (secondary N) is 1. The molecule has 2 aromatic rings. The third-order valence-electron chi connectivity index (χ3n) is 3.21. The van der Waals surface area contributed by atoms with Crippen molar-refractivity contribution in [1.82, 2.24) is 14.9 Å². The molecule has 4 heteroatoms. The number of hydrogen-bond acceptors (Lipinski definition) is 3. The molecule has 2 aromatic heterocycles. The molecule has 0 saturated heterocycles. The first kappa shape index (κ1) is 14.5. The fourth-order valence-electron chi connectivity index (χ4n) is 2.20. The number of rotatable bonds is 5. The normalized spacial score (nSPS) is 11.7. The maximum Gasteiger partial charge on any atom is 0.140 e. The van der Waals surface area contributed by atoms with E-state index < -0.39 is 0 Å². The second-order valence-corrected chi connectivity index (χ2v) is 6.09. The fourth-order valence-corrected chi connectivity index (χ4v) is 2.20. The lowest BCUT2D eigenvalue weighted by Crippen LogP contribution is -2.34. The Bertz CT molecular complexity index is 613. The molecule has 0 aliphatic carbocycles. The standard InChI is InChI=1S/C16H22N4/c1-16(2,3)19-11-13-12-20(10-5-4-8-17)15-14(13)7-6-9-18-15/h6-7,9,12,19H,4-5,10-11H2,1-3H3. The first-order valence-electron chi connectivity index (χ1n) is 7.06. The van der Waals surface area contributed by atoms with Crippen LogP contribution in [0.25, 0.3) is 11.0 Å². The van der Waals surface area contributed by atoms with Crippen molar-refractivity contribution >= 4 is 11.0 Å². The van der Waals surface area contributed by atoms with Crippen molar-refractivity contribution < 1.29 is 0 Å². The second-order valence-electron chi connectivity index (χ2n) is 6.09. The number of unbranched alkanes of at least 4 members (excludes halogenated alkanes) is 1. The Morgan fingerprint density at radius 1 is 1.40 bits per heavy atom. The molecule has 0 amide bonds. The van der Waals surface area contributed by atoms with Crippen LogP contribution in [0, 0.1) is 11.3 Å². The number of aromatic nitrogens is 2. The van der Waals surface area contributed by atoms with Crippen LogP contribution in [0.1, 0.15) is 39.2 Å². The summed E-state index contributed by atoms with van der Waals surface area (Å²) in [7, 11) is 0. The van der Waals surface area contributed by atoms with Crippen LogP contribution in [0.15, 0.2) is 24.5 Å². The van der Waals surface area contributed by atoms with Gasteiger partial charge in [0.15, 0.2) is 0 Å². The van der Waals surface area contributed by atoms with Gasteiger partial charge in [-0.3, -0.25) is 0 Å². The van der Waals surface area contributed by atoms with Gasteiger partial charge >= 0.3 is 0 Å². The van der Waals surface area contributed by atoms with Crippen LogP contribution in [-0.2, 0) is 13.1 Å². The first-order valence-corrected chi connectivity index (χ1v) is 7.06. The summed E-state index contributed by atoms with van der Waals surface area (Å²) in [6.07, 6.45) is 5.43. The Labute approximate surface area is 120 Å². The van der Waals surface area contributed by atoms with Gasteiger partial charge < -0.3 is 9.88 Å².